The number of nitrogens with one attached hydrogen (secondary N) is 2. The Kier molecular flexibility index (Phi) is 7.95. The maximum Gasteiger partial charge on any atom is 0.235 e. The first-order chi connectivity index (χ1) is 19.8. The van der Waals surface area contributed by atoms with E-state index in [2.05, 4.69) is 11.4 Å². The molecule has 7 heteroatoms. The predicted molar refractivity (Wildman–Crippen MR) is 163 cm³/mol. The number of rotatable bonds is 8. The van der Waals surface area contributed by atoms with E-state index in [1.165, 1.54) is 16.2 Å². The first kappa shape index (κ1) is 27.8. The maximum absolute atomic E-state index is 14.0. The molecule has 1 fully saturated rings. The van der Waals surface area contributed by atoms with Crippen LogP contribution in [0.15, 0.2) is 102 Å². The van der Waals surface area contributed by atoms with Crippen molar-refractivity contribution in [2.24, 2.45) is 5.92 Å². The van der Waals surface area contributed by atoms with Gasteiger partial charge < -0.3 is 5.32 Å². The number of hydrogen-bond donors (Lipinski definition) is 2. The van der Waals surface area contributed by atoms with Gasteiger partial charge in [0.1, 0.15) is 0 Å². The number of allylic oxidation sites excluding steroid dienone is 1. The molecule has 1 aliphatic heterocycles. The van der Waals surface area contributed by atoms with E-state index in [4.69, 9.17) is 5.41 Å². The molecule has 5 rings (SSSR count). The van der Waals surface area contributed by atoms with Crippen LogP contribution in [0.1, 0.15) is 40.8 Å². The predicted octanol–water partition coefficient (Wildman–Crippen LogP) is 6.57. The Balaban J connectivity index is 1.56. The van der Waals surface area contributed by atoms with E-state index in [9.17, 15) is 14.9 Å². The van der Waals surface area contributed by atoms with Crippen LogP contribution in [0.3, 0.4) is 0 Å². The quantitative estimate of drug-likeness (QED) is 0.239. The van der Waals surface area contributed by atoms with Crippen LogP contribution in [0.4, 0.5) is 0 Å². The Bertz CT molecular complexity index is 1650. The summed E-state index contributed by atoms with van der Waals surface area (Å²) in [4.78, 5) is 29.6. The van der Waals surface area contributed by atoms with E-state index >= 15 is 0 Å². The lowest BCUT2D eigenvalue weighted by Crippen LogP contribution is -2.64. The van der Waals surface area contributed by atoms with Crippen LogP contribution in [0.25, 0.3) is 17.2 Å². The minimum atomic E-state index is -0.958. The van der Waals surface area contributed by atoms with Crippen molar-refractivity contribution in [3.63, 3.8) is 0 Å². The van der Waals surface area contributed by atoms with Gasteiger partial charge in [-0.05, 0) is 58.8 Å². The average molecular weight is 559 g/mol. The minimum Gasteiger partial charge on any atom is -0.345 e. The van der Waals surface area contributed by atoms with Crippen molar-refractivity contribution in [3.8, 4) is 17.2 Å². The summed E-state index contributed by atoms with van der Waals surface area (Å²) in [5.74, 6) is -1.41. The molecule has 1 aliphatic rings. The second kappa shape index (κ2) is 11.7. The highest BCUT2D eigenvalue weighted by atomic mass is 32.1. The molecule has 1 aromatic heterocycles. The number of carbonyl (C=O) groups excluding carboxylic acids is 2. The topological polar surface area (TPSA) is 97.1 Å². The molecule has 0 bridgehead atoms. The molecular weight excluding hydrogens is 528 g/mol. The normalized spacial score (nSPS) is 19.5. The van der Waals surface area contributed by atoms with Crippen LogP contribution < -0.4 is 5.32 Å². The molecule has 0 saturated carbocycles. The molecule has 204 valence electrons. The number of ketones is 1. The second-order valence-electron chi connectivity index (χ2n) is 10.4. The lowest BCUT2D eigenvalue weighted by molar-refractivity contribution is -0.136. The van der Waals surface area contributed by atoms with E-state index in [1.54, 1.807) is 25.3 Å². The van der Waals surface area contributed by atoms with Gasteiger partial charge in [0.2, 0.25) is 5.91 Å². The molecule has 3 atom stereocenters. The van der Waals surface area contributed by atoms with Gasteiger partial charge in [0.15, 0.2) is 11.7 Å². The number of carbonyl (C=O) groups is 2. The summed E-state index contributed by atoms with van der Waals surface area (Å²) in [5, 5.41) is 23.3. The van der Waals surface area contributed by atoms with Crippen LogP contribution in [0.5, 0.6) is 0 Å². The van der Waals surface area contributed by atoms with Gasteiger partial charge in [-0.3, -0.25) is 19.9 Å². The van der Waals surface area contributed by atoms with Gasteiger partial charge in [-0.1, -0.05) is 78.9 Å². The molecule has 1 amide bonds. The highest BCUT2D eigenvalue weighted by Crippen LogP contribution is 2.46. The molecule has 1 saturated heterocycles. The molecule has 41 heavy (non-hydrogen) atoms. The Hall–Kier alpha value is -4.80. The smallest absolute Gasteiger partial charge is 0.235 e. The van der Waals surface area contributed by atoms with Gasteiger partial charge in [-0.25, -0.2) is 0 Å². The van der Waals surface area contributed by atoms with Crippen molar-refractivity contribution < 1.29 is 9.59 Å². The largest absolute Gasteiger partial charge is 0.345 e. The summed E-state index contributed by atoms with van der Waals surface area (Å²) in [6.07, 6.45) is 3.51. The SMILES string of the molecule is CN1C(=N)N[C@](C)(c2cc(-c3cccc(C#N)c3)cs2)[C@@H](C(CC(=O)/C=C/c2ccccc2)c2ccccc2)C1=O. The molecule has 4 aromatic rings. The Morgan fingerprint density at radius 3 is 2.49 bits per heavy atom. The number of benzene rings is 3. The van der Waals surface area contributed by atoms with Crippen LogP contribution in [0, 0.1) is 22.7 Å². The third-order valence-corrected chi connectivity index (χ3v) is 8.85. The van der Waals surface area contributed by atoms with Crippen molar-refractivity contribution in [1.82, 2.24) is 10.2 Å². The summed E-state index contributed by atoms with van der Waals surface area (Å²) >= 11 is 1.50. The maximum atomic E-state index is 14.0. The van der Waals surface area contributed by atoms with Gasteiger partial charge in [-0.15, -0.1) is 11.3 Å². The summed E-state index contributed by atoms with van der Waals surface area (Å²) in [7, 11) is 1.59. The molecule has 0 spiro atoms. The Morgan fingerprint density at radius 1 is 1.07 bits per heavy atom. The Labute approximate surface area is 244 Å². The lowest BCUT2D eigenvalue weighted by atomic mass is 9.69. The van der Waals surface area contributed by atoms with Gasteiger partial charge in [-0.2, -0.15) is 5.26 Å². The van der Waals surface area contributed by atoms with E-state index in [1.807, 2.05) is 97.2 Å². The van der Waals surface area contributed by atoms with E-state index in [0.717, 1.165) is 27.1 Å². The van der Waals surface area contributed by atoms with Gasteiger partial charge >= 0.3 is 0 Å². The molecule has 1 unspecified atom stereocenters. The highest BCUT2D eigenvalue weighted by Gasteiger charge is 2.52. The molecule has 0 aliphatic carbocycles. The summed E-state index contributed by atoms with van der Waals surface area (Å²) in [6.45, 7) is 1.94. The van der Waals surface area contributed by atoms with E-state index in [-0.39, 0.29) is 24.1 Å². The third-order valence-electron chi connectivity index (χ3n) is 7.68. The zero-order valence-electron chi connectivity index (χ0n) is 22.9. The van der Waals surface area contributed by atoms with E-state index in [0.29, 0.717) is 5.56 Å². The molecule has 6 nitrogen and oxygen atoms in total. The third kappa shape index (κ3) is 5.74. The fourth-order valence-corrected chi connectivity index (χ4v) is 6.53. The van der Waals surface area contributed by atoms with Crippen molar-refractivity contribution in [1.29, 1.82) is 10.7 Å². The van der Waals surface area contributed by atoms with Gasteiger partial charge in [0.25, 0.3) is 0 Å². The van der Waals surface area contributed by atoms with Crippen LogP contribution in [0.2, 0.25) is 0 Å². The lowest BCUT2D eigenvalue weighted by Gasteiger charge is -2.47. The molecular formula is C34H30N4O2S. The number of nitrogens with zero attached hydrogens (tertiary/aromatic N) is 2. The fourth-order valence-electron chi connectivity index (χ4n) is 5.46. The standard InChI is InChI=1S/C34H30N4O2S/c1-34(30-19-27(22-41-30)26-15-9-12-24(18-26)21-35)31(32(40)38(2)33(36)37-34)29(25-13-7-4-8-14-25)20-28(39)17-16-23-10-5-3-6-11-23/h3-19,22,29,31H,20H2,1-2H3,(H2,36,37)/b17-16+/t29?,31-,34+/m0/s1. The summed E-state index contributed by atoms with van der Waals surface area (Å²) in [5.41, 5.74) is 3.26. The molecule has 2 N–H and O–H groups in total. The van der Waals surface area contributed by atoms with Gasteiger partial charge in [0, 0.05) is 24.3 Å². The molecule has 0 radical (unpaired) electrons. The number of guanidine groups is 1. The fraction of sp³-hybridized carbons (Fsp3) is 0.176. The first-order valence-corrected chi connectivity index (χ1v) is 14.2. The zero-order valence-corrected chi connectivity index (χ0v) is 23.7. The van der Waals surface area contributed by atoms with Gasteiger partial charge in [0.05, 0.1) is 23.1 Å². The van der Waals surface area contributed by atoms with Crippen molar-refractivity contribution in [2.45, 2.75) is 24.8 Å². The van der Waals surface area contributed by atoms with Crippen molar-refractivity contribution >= 4 is 35.1 Å². The van der Waals surface area contributed by atoms with Crippen LogP contribution in [-0.2, 0) is 15.1 Å². The molecule has 2 heterocycles. The van der Waals surface area contributed by atoms with E-state index < -0.39 is 17.4 Å². The number of thiophene rings is 1. The van der Waals surface area contributed by atoms with Crippen LogP contribution >= 0.6 is 11.3 Å². The number of nitriles is 1. The van der Waals surface area contributed by atoms with Crippen molar-refractivity contribution in [3.05, 3.63) is 124 Å². The first-order valence-electron chi connectivity index (χ1n) is 13.3. The summed E-state index contributed by atoms with van der Waals surface area (Å²) in [6, 6.07) is 30.9. The number of hydrogen-bond acceptors (Lipinski definition) is 5. The van der Waals surface area contributed by atoms with Crippen LogP contribution in [-0.4, -0.2) is 29.6 Å². The number of amides is 1. The summed E-state index contributed by atoms with van der Waals surface area (Å²) < 4.78 is 0. The Morgan fingerprint density at radius 2 is 1.78 bits per heavy atom. The van der Waals surface area contributed by atoms with Crippen molar-refractivity contribution in [2.75, 3.05) is 7.05 Å². The minimum absolute atomic E-state index is 0.0114. The second-order valence-corrected chi connectivity index (χ2v) is 11.3. The zero-order chi connectivity index (χ0) is 29.0. The highest BCUT2D eigenvalue weighted by molar-refractivity contribution is 7.10. The average Bonchev–Trinajstić information content (AvgIpc) is 3.51. The molecule has 3 aromatic carbocycles. The monoisotopic (exact) mass is 558 g/mol.